The van der Waals surface area contributed by atoms with Crippen LogP contribution >= 0.6 is 0 Å². The number of rotatable bonds is 10. The molecule has 0 saturated heterocycles. The molecule has 0 atom stereocenters. The van der Waals surface area contributed by atoms with Gasteiger partial charge in [0.25, 0.3) is 5.91 Å². The molecule has 0 radical (unpaired) electrons. The standard InChI is InChI=1S/C24H24N2O5/c1-28-22-13-8-19(14-23(22)29-2)15-25-31-17-24(27)26-20-9-11-21(12-10-20)30-16-18-6-4-3-5-7-18/h3-15H,16-17H2,1-2H3,(H,26,27)/b25-15-. The normalized spacial score (nSPS) is 10.5. The van der Waals surface area contributed by atoms with Gasteiger partial charge in [-0.3, -0.25) is 4.79 Å². The molecule has 0 aliphatic rings. The van der Waals surface area contributed by atoms with Gasteiger partial charge in [0, 0.05) is 11.3 Å². The van der Waals surface area contributed by atoms with Crippen LogP contribution in [0.5, 0.6) is 17.2 Å². The van der Waals surface area contributed by atoms with Crippen molar-refractivity contribution in [2.45, 2.75) is 6.61 Å². The highest BCUT2D eigenvalue weighted by molar-refractivity contribution is 5.91. The Morgan fingerprint density at radius 3 is 2.39 bits per heavy atom. The fourth-order valence-corrected chi connectivity index (χ4v) is 2.70. The van der Waals surface area contributed by atoms with Crippen molar-refractivity contribution >= 4 is 17.8 Å². The van der Waals surface area contributed by atoms with Crippen molar-refractivity contribution < 1.29 is 23.8 Å². The highest BCUT2D eigenvalue weighted by atomic mass is 16.6. The number of carbonyl (C=O) groups is 1. The quantitative estimate of drug-likeness (QED) is 0.391. The van der Waals surface area contributed by atoms with E-state index < -0.39 is 0 Å². The molecule has 0 heterocycles. The number of nitrogens with zero attached hydrogens (tertiary/aromatic N) is 1. The average molecular weight is 420 g/mol. The van der Waals surface area contributed by atoms with Gasteiger partial charge in [0.2, 0.25) is 0 Å². The van der Waals surface area contributed by atoms with Crippen molar-refractivity contribution in [2.24, 2.45) is 5.16 Å². The van der Waals surface area contributed by atoms with Crippen LogP contribution in [0.1, 0.15) is 11.1 Å². The smallest absolute Gasteiger partial charge is 0.265 e. The molecule has 0 unspecified atom stereocenters. The van der Waals surface area contributed by atoms with E-state index in [1.165, 1.54) is 6.21 Å². The maximum Gasteiger partial charge on any atom is 0.265 e. The minimum absolute atomic E-state index is 0.212. The second kappa shape index (κ2) is 11.3. The van der Waals surface area contributed by atoms with Gasteiger partial charge in [-0.2, -0.15) is 0 Å². The lowest BCUT2D eigenvalue weighted by Gasteiger charge is -2.08. The molecular weight excluding hydrogens is 396 g/mol. The van der Waals surface area contributed by atoms with Crippen LogP contribution in [0, 0.1) is 0 Å². The summed E-state index contributed by atoms with van der Waals surface area (Å²) in [5.41, 5.74) is 2.49. The van der Waals surface area contributed by atoms with E-state index in [9.17, 15) is 4.79 Å². The molecule has 160 valence electrons. The zero-order valence-corrected chi connectivity index (χ0v) is 17.4. The Morgan fingerprint density at radius 2 is 1.68 bits per heavy atom. The van der Waals surface area contributed by atoms with Gasteiger partial charge in [0.1, 0.15) is 12.4 Å². The number of hydrogen-bond acceptors (Lipinski definition) is 6. The lowest BCUT2D eigenvalue weighted by atomic mass is 10.2. The Bertz CT molecular complexity index is 1000. The summed E-state index contributed by atoms with van der Waals surface area (Å²) in [5.74, 6) is 1.61. The van der Waals surface area contributed by atoms with Crippen LogP contribution in [0.4, 0.5) is 5.69 Å². The summed E-state index contributed by atoms with van der Waals surface area (Å²) >= 11 is 0. The Balaban J connectivity index is 1.42. The van der Waals surface area contributed by atoms with E-state index in [4.69, 9.17) is 19.0 Å². The number of hydrogen-bond donors (Lipinski definition) is 1. The summed E-state index contributed by atoms with van der Waals surface area (Å²) in [6.45, 7) is 0.272. The first-order valence-corrected chi connectivity index (χ1v) is 9.62. The van der Waals surface area contributed by atoms with Gasteiger partial charge in [0.05, 0.1) is 20.4 Å². The van der Waals surface area contributed by atoms with E-state index in [2.05, 4.69) is 10.5 Å². The molecule has 0 aliphatic heterocycles. The molecular formula is C24H24N2O5. The Morgan fingerprint density at radius 1 is 0.935 bits per heavy atom. The summed E-state index contributed by atoms with van der Waals surface area (Å²) < 4.78 is 16.1. The summed E-state index contributed by atoms with van der Waals surface area (Å²) in [7, 11) is 3.13. The number of nitrogens with one attached hydrogen (secondary N) is 1. The Labute approximate surface area is 181 Å². The molecule has 0 spiro atoms. The maximum absolute atomic E-state index is 12.0. The molecule has 7 heteroatoms. The summed E-state index contributed by atoms with van der Waals surface area (Å²) in [5, 5.41) is 6.56. The highest BCUT2D eigenvalue weighted by Crippen LogP contribution is 2.26. The number of benzene rings is 3. The number of methoxy groups -OCH3 is 2. The predicted octanol–water partition coefficient (Wildman–Crippen LogP) is 4.27. The predicted molar refractivity (Wildman–Crippen MR) is 119 cm³/mol. The van der Waals surface area contributed by atoms with Gasteiger partial charge < -0.3 is 24.4 Å². The van der Waals surface area contributed by atoms with E-state index in [-0.39, 0.29) is 12.5 Å². The van der Waals surface area contributed by atoms with Crippen molar-refractivity contribution in [1.29, 1.82) is 0 Å². The third-order valence-corrected chi connectivity index (χ3v) is 4.27. The number of oxime groups is 1. The maximum atomic E-state index is 12.0. The first kappa shape index (κ1) is 21.7. The monoisotopic (exact) mass is 420 g/mol. The molecule has 1 amide bonds. The molecule has 31 heavy (non-hydrogen) atoms. The number of anilines is 1. The molecule has 0 bridgehead atoms. The lowest BCUT2D eigenvalue weighted by molar-refractivity contribution is -0.120. The van der Waals surface area contributed by atoms with Crippen molar-refractivity contribution in [2.75, 3.05) is 26.1 Å². The molecule has 0 saturated carbocycles. The van der Waals surface area contributed by atoms with Gasteiger partial charge in [-0.25, -0.2) is 0 Å². The van der Waals surface area contributed by atoms with E-state index in [0.717, 1.165) is 16.9 Å². The van der Waals surface area contributed by atoms with Crippen molar-refractivity contribution in [1.82, 2.24) is 0 Å². The first-order valence-electron chi connectivity index (χ1n) is 9.62. The molecule has 0 aliphatic carbocycles. The van der Waals surface area contributed by atoms with Gasteiger partial charge in [-0.05, 0) is 48.0 Å². The fourth-order valence-electron chi connectivity index (χ4n) is 2.70. The lowest BCUT2D eigenvalue weighted by Crippen LogP contribution is -2.16. The third-order valence-electron chi connectivity index (χ3n) is 4.27. The number of ether oxygens (including phenoxy) is 3. The van der Waals surface area contributed by atoms with Crippen LogP contribution < -0.4 is 19.5 Å². The minimum atomic E-state index is -0.317. The van der Waals surface area contributed by atoms with Crippen LogP contribution in [0.15, 0.2) is 78.0 Å². The largest absolute Gasteiger partial charge is 0.493 e. The molecule has 7 nitrogen and oxygen atoms in total. The highest BCUT2D eigenvalue weighted by Gasteiger charge is 2.05. The van der Waals surface area contributed by atoms with Crippen LogP contribution in [0.3, 0.4) is 0 Å². The van der Waals surface area contributed by atoms with Gasteiger partial charge in [0.15, 0.2) is 18.1 Å². The number of carbonyl (C=O) groups excluding carboxylic acids is 1. The second-order valence-corrected chi connectivity index (χ2v) is 6.47. The molecule has 3 aromatic rings. The van der Waals surface area contributed by atoms with Crippen LogP contribution in [-0.2, 0) is 16.2 Å². The SMILES string of the molecule is COc1ccc(/C=N\OCC(=O)Nc2ccc(OCc3ccccc3)cc2)cc1OC. The van der Waals surface area contributed by atoms with Crippen LogP contribution in [0.25, 0.3) is 0 Å². The van der Waals surface area contributed by atoms with Crippen molar-refractivity contribution in [3.63, 3.8) is 0 Å². The summed E-state index contributed by atoms with van der Waals surface area (Å²) in [4.78, 5) is 17.1. The first-order chi connectivity index (χ1) is 15.2. The fraction of sp³-hybridized carbons (Fsp3) is 0.167. The van der Waals surface area contributed by atoms with E-state index in [1.54, 1.807) is 56.7 Å². The molecule has 1 N–H and O–H groups in total. The zero-order valence-electron chi connectivity index (χ0n) is 17.4. The number of amides is 1. The van der Waals surface area contributed by atoms with E-state index in [1.807, 2.05) is 30.3 Å². The summed E-state index contributed by atoms with van der Waals surface area (Å²) in [6, 6.07) is 22.4. The van der Waals surface area contributed by atoms with Crippen LogP contribution in [0.2, 0.25) is 0 Å². The average Bonchev–Trinajstić information content (AvgIpc) is 2.82. The van der Waals surface area contributed by atoms with Gasteiger partial charge in [-0.15, -0.1) is 0 Å². The van der Waals surface area contributed by atoms with Crippen LogP contribution in [-0.4, -0.2) is 32.9 Å². The van der Waals surface area contributed by atoms with Gasteiger partial charge >= 0.3 is 0 Å². The topological polar surface area (TPSA) is 78.4 Å². The van der Waals surface area contributed by atoms with Crippen molar-refractivity contribution in [3.05, 3.63) is 83.9 Å². The third kappa shape index (κ3) is 6.78. The molecule has 3 aromatic carbocycles. The molecule has 3 rings (SSSR count). The molecule has 0 aromatic heterocycles. The zero-order chi connectivity index (χ0) is 21.9. The molecule has 0 fully saturated rings. The second-order valence-electron chi connectivity index (χ2n) is 6.47. The van der Waals surface area contributed by atoms with E-state index >= 15 is 0 Å². The minimum Gasteiger partial charge on any atom is -0.493 e. The Kier molecular flexibility index (Phi) is 7.88. The van der Waals surface area contributed by atoms with Crippen molar-refractivity contribution in [3.8, 4) is 17.2 Å². The van der Waals surface area contributed by atoms with E-state index in [0.29, 0.717) is 23.8 Å². The Hall–Kier alpha value is -4.00. The van der Waals surface area contributed by atoms with Gasteiger partial charge in [-0.1, -0.05) is 35.5 Å². The summed E-state index contributed by atoms with van der Waals surface area (Å²) in [6.07, 6.45) is 1.49.